The summed E-state index contributed by atoms with van der Waals surface area (Å²) in [6.45, 7) is 6.10. The molecular formula is C18H38N2O2. The fourth-order valence-corrected chi connectivity index (χ4v) is 2.58. The lowest BCUT2D eigenvalue weighted by molar-refractivity contribution is -0.126. The Morgan fingerprint density at radius 2 is 1.41 bits per heavy atom. The number of hydrazine groups is 1. The van der Waals surface area contributed by atoms with E-state index in [1.165, 1.54) is 44.9 Å². The summed E-state index contributed by atoms with van der Waals surface area (Å²) >= 11 is 0. The highest BCUT2D eigenvalue weighted by molar-refractivity contribution is 5.75. The zero-order chi connectivity index (χ0) is 16.5. The van der Waals surface area contributed by atoms with Gasteiger partial charge in [-0.05, 0) is 19.3 Å². The van der Waals surface area contributed by atoms with E-state index >= 15 is 0 Å². The second-order valence-corrected chi connectivity index (χ2v) is 6.18. The van der Waals surface area contributed by atoms with Crippen molar-refractivity contribution in [1.82, 2.24) is 10.4 Å². The Balaban J connectivity index is 3.50. The Morgan fingerprint density at radius 1 is 0.818 bits per heavy atom. The molecule has 0 aliphatic rings. The summed E-state index contributed by atoms with van der Waals surface area (Å²) in [5, 5.41) is 10.8. The first-order valence-corrected chi connectivity index (χ1v) is 9.39. The second kappa shape index (κ2) is 16.8. The van der Waals surface area contributed by atoms with Crippen molar-refractivity contribution in [3.05, 3.63) is 0 Å². The number of nitrogens with zero attached hydrogens (tertiary/aromatic N) is 1. The molecule has 0 unspecified atom stereocenters. The maximum Gasteiger partial charge on any atom is 0.234 e. The van der Waals surface area contributed by atoms with E-state index in [1.807, 2.05) is 5.01 Å². The van der Waals surface area contributed by atoms with Crippen molar-refractivity contribution in [3.8, 4) is 0 Å². The van der Waals surface area contributed by atoms with Crippen LogP contribution in [-0.2, 0) is 4.79 Å². The van der Waals surface area contributed by atoms with Crippen LogP contribution < -0.4 is 5.43 Å². The molecule has 4 heteroatoms. The van der Waals surface area contributed by atoms with Crippen LogP contribution in [0.25, 0.3) is 0 Å². The van der Waals surface area contributed by atoms with Gasteiger partial charge in [-0.3, -0.25) is 10.2 Å². The molecule has 0 atom stereocenters. The van der Waals surface area contributed by atoms with Crippen molar-refractivity contribution in [1.29, 1.82) is 0 Å². The predicted octanol–water partition coefficient (Wildman–Crippen LogP) is 4.03. The molecule has 0 heterocycles. The molecule has 0 aliphatic heterocycles. The highest BCUT2D eigenvalue weighted by Crippen LogP contribution is 2.10. The third-order valence-electron chi connectivity index (χ3n) is 3.87. The van der Waals surface area contributed by atoms with E-state index in [1.54, 1.807) is 0 Å². The second-order valence-electron chi connectivity index (χ2n) is 6.18. The number of nitrogens with one attached hydrogen (secondary N) is 1. The Labute approximate surface area is 137 Å². The van der Waals surface area contributed by atoms with Crippen LogP contribution in [0, 0.1) is 0 Å². The van der Waals surface area contributed by atoms with Crippen LogP contribution in [0.15, 0.2) is 0 Å². The van der Waals surface area contributed by atoms with E-state index in [2.05, 4.69) is 19.3 Å². The van der Waals surface area contributed by atoms with Crippen molar-refractivity contribution < 1.29 is 9.90 Å². The van der Waals surface area contributed by atoms with E-state index < -0.39 is 0 Å². The van der Waals surface area contributed by atoms with Gasteiger partial charge in [0.05, 0.1) is 0 Å². The molecule has 0 saturated carbocycles. The van der Waals surface area contributed by atoms with Crippen molar-refractivity contribution in [2.24, 2.45) is 0 Å². The Bertz CT molecular complexity index is 247. The van der Waals surface area contributed by atoms with Gasteiger partial charge in [-0.2, -0.15) is 0 Å². The molecule has 0 aromatic rings. The smallest absolute Gasteiger partial charge is 0.234 e. The number of unbranched alkanes of at least 4 members (excludes halogenated alkanes) is 8. The van der Waals surface area contributed by atoms with E-state index in [4.69, 9.17) is 5.11 Å². The number of hydrogen-bond donors (Lipinski definition) is 2. The lowest BCUT2D eigenvalue weighted by Crippen LogP contribution is -2.43. The average Bonchev–Trinajstić information content (AvgIpc) is 2.51. The SMILES string of the molecule is CCCCCCCCCCCC(=O)NN(CCC)CCCO. The van der Waals surface area contributed by atoms with Gasteiger partial charge in [0.1, 0.15) is 0 Å². The molecule has 132 valence electrons. The van der Waals surface area contributed by atoms with Crippen LogP contribution in [0.1, 0.15) is 90.9 Å². The fourth-order valence-electron chi connectivity index (χ4n) is 2.58. The number of amides is 1. The van der Waals surface area contributed by atoms with E-state index in [0.717, 1.165) is 32.4 Å². The maximum atomic E-state index is 11.9. The van der Waals surface area contributed by atoms with Gasteiger partial charge in [0.25, 0.3) is 0 Å². The Morgan fingerprint density at radius 3 is 1.95 bits per heavy atom. The molecule has 0 rings (SSSR count). The van der Waals surface area contributed by atoms with Gasteiger partial charge in [-0.25, -0.2) is 5.01 Å². The first kappa shape index (κ1) is 21.4. The van der Waals surface area contributed by atoms with Gasteiger partial charge >= 0.3 is 0 Å². The van der Waals surface area contributed by atoms with Crippen LogP contribution >= 0.6 is 0 Å². The van der Waals surface area contributed by atoms with Crippen LogP contribution in [0.3, 0.4) is 0 Å². The molecule has 0 fully saturated rings. The normalized spacial score (nSPS) is 11.1. The summed E-state index contributed by atoms with van der Waals surface area (Å²) in [6, 6.07) is 0. The lowest BCUT2D eigenvalue weighted by Gasteiger charge is -2.22. The molecule has 2 N–H and O–H groups in total. The molecule has 1 amide bonds. The first-order chi connectivity index (χ1) is 10.7. The fraction of sp³-hybridized carbons (Fsp3) is 0.944. The molecule has 0 aromatic carbocycles. The number of carbonyl (C=O) groups is 1. The Hall–Kier alpha value is -0.610. The molecular weight excluding hydrogens is 276 g/mol. The molecule has 0 saturated heterocycles. The minimum absolute atomic E-state index is 0.120. The van der Waals surface area contributed by atoms with Crippen LogP contribution in [0.5, 0.6) is 0 Å². The lowest BCUT2D eigenvalue weighted by atomic mass is 10.1. The topological polar surface area (TPSA) is 52.6 Å². The summed E-state index contributed by atoms with van der Waals surface area (Å²) in [4.78, 5) is 11.9. The van der Waals surface area contributed by atoms with Gasteiger partial charge in [0, 0.05) is 26.1 Å². The van der Waals surface area contributed by atoms with E-state index in [-0.39, 0.29) is 12.5 Å². The molecule has 0 aromatic heterocycles. The first-order valence-electron chi connectivity index (χ1n) is 9.39. The van der Waals surface area contributed by atoms with Crippen molar-refractivity contribution in [3.63, 3.8) is 0 Å². The number of aliphatic hydroxyl groups excluding tert-OH is 1. The summed E-state index contributed by atoms with van der Waals surface area (Å²) < 4.78 is 0. The highest BCUT2D eigenvalue weighted by atomic mass is 16.3. The van der Waals surface area contributed by atoms with Crippen LogP contribution in [-0.4, -0.2) is 35.7 Å². The molecule has 0 aliphatic carbocycles. The number of hydrogen-bond acceptors (Lipinski definition) is 3. The predicted molar refractivity (Wildman–Crippen MR) is 93.6 cm³/mol. The van der Waals surface area contributed by atoms with E-state index in [9.17, 15) is 4.79 Å². The minimum Gasteiger partial charge on any atom is -0.396 e. The summed E-state index contributed by atoms with van der Waals surface area (Å²) in [6.07, 6.45) is 13.8. The number of rotatable bonds is 16. The molecule has 22 heavy (non-hydrogen) atoms. The summed E-state index contributed by atoms with van der Waals surface area (Å²) in [5.74, 6) is 0.120. The number of aliphatic hydroxyl groups is 1. The molecule has 0 radical (unpaired) electrons. The quantitative estimate of drug-likeness (QED) is 0.334. The third-order valence-corrected chi connectivity index (χ3v) is 3.87. The standard InChI is InChI=1S/C18H38N2O2/c1-3-5-6-7-8-9-10-11-12-14-18(22)19-20(15-4-2)16-13-17-21/h21H,3-17H2,1-2H3,(H,19,22). The van der Waals surface area contributed by atoms with Crippen molar-refractivity contribution >= 4 is 5.91 Å². The molecule has 0 spiro atoms. The van der Waals surface area contributed by atoms with Gasteiger partial charge in [0.15, 0.2) is 0 Å². The average molecular weight is 315 g/mol. The van der Waals surface area contributed by atoms with Gasteiger partial charge in [-0.15, -0.1) is 0 Å². The molecule has 0 bridgehead atoms. The monoisotopic (exact) mass is 314 g/mol. The minimum atomic E-state index is 0.120. The zero-order valence-electron chi connectivity index (χ0n) is 14.9. The van der Waals surface area contributed by atoms with Gasteiger partial charge in [0.2, 0.25) is 5.91 Å². The van der Waals surface area contributed by atoms with Crippen LogP contribution in [0.2, 0.25) is 0 Å². The van der Waals surface area contributed by atoms with Crippen molar-refractivity contribution in [2.75, 3.05) is 19.7 Å². The molecule has 4 nitrogen and oxygen atoms in total. The van der Waals surface area contributed by atoms with Gasteiger partial charge in [-0.1, -0.05) is 65.2 Å². The maximum absolute atomic E-state index is 11.9. The number of carbonyl (C=O) groups excluding carboxylic acids is 1. The zero-order valence-corrected chi connectivity index (χ0v) is 14.9. The van der Waals surface area contributed by atoms with Crippen molar-refractivity contribution in [2.45, 2.75) is 90.9 Å². The van der Waals surface area contributed by atoms with Gasteiger partial charge < -0.3 is 5.11 Å². The van der Waals surface area contributed by atoms with Crippen LogP contribution in [0.4, 0.5) is 0 Å². The third kappa shape index (κ3) is 14.3. The van der Waals surface area contributed by atoms with E-state index in [0.29, 0.717) is 12.8 Å². The largest absolute Gasteiger partial charge is 0.396 e. The summed E-state index contributed by atoms with van der Waals surface area (Å²) in [7, 11) is 0. The highest BCUT2D eigenvalue weighted by Gasteiger charge is 2.07. The summed E-state index contributed by atoms with van der Waals surface area (Å²) in [5.41, 5.74) is 2.96. The Kier molecular flexibility index (Phi) is 16.3.